The van der Waals surface area contributed by atoms with Crippen LogP contribution in [-0.2, 0) is 17.6 Å². The van der Waals surface area contributed by atoms with Crippen LogP contribution in [0.2, 0.25) is 0 Å². The fourth-order valence-electron chi connectivity index (χ4n) is 2.12. The zero-order chi connectivity index (χ0) is 13.2. The van der Waals surface area contributed by atoms with E-state index in [2.05, 4.69) is 12.2 Å². The summed E-state index contributed by atoms with van der Waals surface area (Å²) in [6.07, 6.45) is 12.1. The van der Waals surface area contributed by atoms with Gasteiger partial charge in [0.05, 0.1) is 0 Å². The third-order valence-electron chi connectivity index (χ3n) is 2.93. The molecule has 0 fully saturated rings. The van der Waals surface area contributed by atoms with E-state index in [1.165, 1.54) is 11.1 Å². The van der Waals surface area contributed by atoms with Gasteiger partial charge in [-0.15, -0.1) is 0 Å². The smallest absolute Gasteiger partial charge is 0.418 e. The number of rotatable bonds is 0. The summed E-state index contributed by atoms with van der Waals surface area (Å²) in [4.78, 5) is 12.0. The maximum Gasteiger partial charge on any atom is 0.418 e. The van der Waals surface area contributed by atoms with Gasteiger partial charge in [0.15, 0.2) is 0 Å². The molecule has 0 bridgehead atoms. The molecule has 0 saturated carbocycles. The minimum Gasteiger partial charge on any atom is -0.443 e. The average Bonchev–Trinajstić information content (AvgIpc) is 2.58. The summed E-state index contributed by atoms with van der Waals surface area (Å²) in [5.74, 6) is 0. The highest BCUT2D eigenvalue weighted by atomic mass is 16.6. The first-order valence-corrected chi connectivity index (χ1v) is 6.54. The summed E-state index contributed by atoms with van der Waals surface area (Å²) in [7, 11) is 0. The van der Waals surface area contributed by atoms with Gasteiger partial charge >= 0.3 is 6.09 Å². The van der Waals surface area contributed by atoms with Crippen molar-refractivity contribution < 1.29 is 9.53 Å². The Bertz CT molecular complexity index is 436. The van der Waals surface area contributed by atoms with Gasteiger partial charge in [0, 0.05) is 12.4 Å². The maximum absolute atomic E-state index is 12.0. The molecule has 1 aromatic rings. The average molecular weight is 247 g/mol. The fourth-order valence-corrected chi connectivity index (χ4v) is 2.12. The highest BCUT2D eigenvalue weighted by Gasteiger charge is 2.19. The van der Waals surface area contributed by atoms with E-state index >= 15 is 0 Å². The molecular weight excluding hydrogens is 226 g/mol. The zero-order valence-electron chi connectivity index (χ0n) is 11.4. The van der Waals surface area contributed by atoms with Crippen LogP contribution < -0.4 is 0 Å². The normalized spacial score (nSPS) is 17.5. The zero-order valence-corrected chi connectivity index (χ0v) is 11.4. The van der Waals surface area contributed by atoms with Crippen molar-refractivity contribution in [2.75, 3.05) is 0 Å². The van der Waals surface area contributed by atoms with Crippen LogP contribution >= 0.6 is 0 Å². The predicted molar refractivity (Wildman–Crippen MR) is 71.8 cm³/mol. The Morgan fingerprint density at radius 3 is 2.06 bits per heavy atom. The van der Waals surface area contributed by atoms with E-state index in [0.717, 1.165) is 25.7 Å². The number of aryl methyl sites for hydroxylation is 2. The van der Waals surface area contributed by atoms with Crippen LogP contribution in [0.1, 0.15) is 44.7 Å². The molecule has 0 atom stereocenters. The van der Waals surface area contributed by atoms with Crippen LogP contribution in [0.4, 0.5) is 4.79 Å². The molecule has 1 heterocycles. The van der Waals surface area contributed by atoms with E-state index in [9.17, 15) is 4.79 Å². The monoisotopic (exact) mass is 247 g/mol. The first-order chi connectivity index (χ1) is 8.46. The van der Waals surface area contributed by atoms with Crippen LogP contribution in [0.5, 0.6) is 0 Å². The number of hydrogen-bond acceptors (Lipinski definition) is 2. The number of aromatic nitrogens is 1. The summed E-state index contributed by atoms with van der Waals surface area (Å²) < 4.78 is 6.96. The first-order valence-electron chi connectivity index (χ1n) is 6.54. The van der Waals surface area contributed by atoms with E-state index in [1.54, 1.807) is 4.57 Å². The molecule has 0 aromatic carbocycles. The highest BCUT2D eigenvalue weighted by molar-refractivity contribution is 5.71. The summed E-state index contributed by atoms with van der Waals surface area (Å²) >= 11 is 0. The van der Waals surface area contributed by atoms with Crippen molar-refractivity contribution in [3.63, 3.8) is 0 Å². The molecule has 1 aromatic heterocycles. The Morgan fingerprint density at radius 2 is 1.61 bits per heavy atom. The van der Waals surface area contributed by atoms with Gasteiger partial charge in [0.1, 0.15) is 5.60 Å². The number of carbonyl (C=O) groups excluding carboxylic acids is 1. The molecule has 2 rings (SSSR count). The minimum absolute atomic E-state index is 0.290. The number of ether oxygens (including phenoxy) is 1. The van der Waals surface area contributed by atoms with Crippen LogP contribution in [0.3, 0.4) is 0 Å². The maximum atomic E-state index is 12.0. The largest absolute Gasteiger partial charge is 0.443 e. The van der Waals surface area contributed by atoms with Crippen LogP contribution in [0, 0.1) is 0 Å². The van der Waals surface area contributed by atoms with Gasteiger partial charge in [-0.3, -0.25) is 4.57 Å². The Labute approximate surface area is 108 Å². The van der Waals surface area contributed by atoms with Gasteiger partial charge in [0.2, 0.25) is 0 Å². The summed E-state index contributed by atoms with van der Waals surface area (Å²) in [5, 5.41) is 0. The molecule has 0 aliphatic heterocycles. The van der Waals surface area contributed by atoms with E-state index < -0.39 is 5.60 Å². The third-order valence-corrected chi connectivity index (χ3v) is 2.93. The van der Waals surface area contributed by atoms with Crippen molar-refractivity contribution in [3.05, 3.63) is 35.7 Å². The van der Waals surface area contributed by atoms with E-state index in [0.29, 0.717) is 0 Å². The quantitative estimate of drug-likeness (QED) is 0.654. The van der Waals surface area contributed by atoms with Gasteiger partial charge in [-0.2, -0.15) is 0 Å². The molecular formula is C15H21NO2. The SMILES string of the molecule is CC(C)(C)OC(=O)n1cc2c(c1)CC/C=C\CC2. The van der Waals surface area contributed by atoms with E-state index in [1.807, 2.05) is 33.2 Å². The molecule has 0 N–H and O–H groups in total. The van der Waals surface area contributed by atoms with Crippen molar-refractivity contribution in [2.45, 2.75) is 52.1 Å². The Hall–Kier alpha value is -1.51. The number of nitrogens with zero attached hydrogens (tertiary/aromatic N) is 1. The fraction of sp³-hybridized carbons (Fsp3) is 0.533. The Morgan fingerprint density at radius 1 is 1.11 bits per heavy atom. The summed E-state index contributed by atoms with van der Waals surface area (Å²) in [5.41, 5.74) is 2.09. The second-order valence-corrected chi connectivity index (χ2v) is 5.75. The van der Waals surface area contributed by atoms with Crippen molar-refractivity contribution in [1.82, 2.24) is 4.57 Å². The standard InChI is InChI=1S/C15H21NO2/c1-15(2,3)18-14(17)16-10-12-8-6-4-5-7-9-13(12)11-16/h4-5,10-11H,6-9H2,1-3H3/b5-4-. The second-order valence-electron chi connectivity index (χ2n) is 5.75. The Kier molecular flexibility index (Phi) is 3.60. The van der Waals surface area contributed by atoms with E-state index in [-0.39, 0.29) is 6.09 Å². The summed E-state index contributed by atoms with van der Waals surface area (Å²) in [6, 6.07) is 0. The predicted octanol–water partition coefficient (Wildman–Crippen LogP) is 3.71. The lowest BCUT2D eigenvalue weighted by atomic mass is 10.0. The highest BCUT2D eigenvalue weighted by Crippen LogP contribution is 2.19. The molecule has 0 spiro atoms. The molecule has 3 nitrogen and oxygen atoms in total. The first kappa shape index (κ1) is 12.9. The van der Waals surface area contributed by atoms with Gasteiger partial charge in [-0.25, -0.2) is 4.79 Å². The summed E-state index contributed by atoms with van der Waals surface area (Å²) in [6.45, 7) is 5.65. The molecule has 1 aliphatic carbocycles. The van der Waals surface area contributed by atoms with Gasteiger partial charge in [-0.05, 0) is 57.6 Å². The van der Waals surface area contributed by atoms with Crippen LogP contribution in [0.25, 0.3) is 0 Å². The van der Waals surface area contributed by atoms with Gasteiger partial charge < -0.3 is 4.74 Å². The molecule has 0 amide bonds. The minimum atomic E-state index is -0.447. The lowest BCUT2D eigenvalue weighted by Gasteiger charge is -2.19. The molecule has 3 heteroatoms. The molecule has 1 aliphatic rings. The number of fused-ring (bicyclic) bond motifs is 1. The molecule has 0 unspecified atom stereocenters. The molecule has 0 saturated heterocycles. The lowest BCUT2D eigenvalue weighted by Crippen LogP contribution is -2.26. The van der Waals surface area contributed by atoms with Crippen LogP contribution in [0.15, 0.2) is 24.5 Å². The molecule has 0 radical (unpaired) electrons. The third kappa shape index (κ3) is 3.25. The molecule has 18 heavy (non-hydrogen) atoms. The van der Waals surface area contributed by atoms with Gasteiger partial charge in [0.25, 0.3) is 0 Å². The molecule has 98 valence electrons. The van der Waals surface area contributed by atoms with Crippen molar-refractivity contribution >= 4 is 6.09 Å². The lowest BCUT2D eigenvalue weighted by molar-refractivity contribution is 0.0537. The number of allylic oxidation sites excluding steroid dienone is 2. The number of hydrogen-bond donors (Lipinski definition) is 0. The van der Waals surface area contributed by atoms with Crippen molar-refractivity contribution in [1.29, 1.82) is 0 Å². The van der Waals surface area contributed by atoms with Crippen LogP contribution in [-0.4, -0.2) is 16.3 Å². The van der Waals surface area contributed by atoms with Gasteiger partial charge in [-0.1, -0.05) is 12.2 Å². The number of carbonyl (C=O) groups is 1. The van der Waals surface area contributed by atoms with E-state index in [4.69, 9.17) is 4.74 Å². The topological polar surface area (TPSA) is 31.2 Å². The Balaban J connectivity index is 2.16. The second kappa shape index (κ2) is 5.01. The van der Waals surface area contributed by atoms with Crippen molar-refractivity contribution in [2.24, 2.45) is 0 Å². The van der Waals surface area contributed by atoms with Crippen molar-refractivity contribution in [3.8, 4) is 0 Å².